The van der Waals surface area contributed by atoms with E-state index in [0.717, 1.165) is 11.1 Å². The predicted octanol–water partition coefficient (Wildman–Crippen LogP) is 4.21. The maximum absolute atomic E-state index is 9.39. The van der Waals surface area contributed by atoms with Gasteiger partial charge in [0.05, 0.1) is 13.7 Å². The maximum atomic E-state index is 9.39. The van der Waals surface area contributed by atoms with Crippen LogP contribution in [0.1, 0.15) is 25.0 Å². The molecule has 0 atom stereocenters. The second-order valence-electron chi connectivity index (χ2n) is 6.26. The lowest BCUT2D eigenvalue weighted by Gasteiger charge is -2.24. The number of aliphatic hydroxyl groups is 1. The van der Waals surface area contributed by atoms with Gasteiger partial charge in [0.25, 0.3) is 0 Å². The molecule has 0 aliphatic heterocycles. The second-order valence-corrected chi connectivity index (χ2v) is 6.70. The summed E-state index contributed by atoms with van der Waals surface area (Å²) in [6.07, 6.45) is 0. The lowest BCUT2D eigenvalue weighted by molar-refractivity contribution is 0.186. The molecule has 2 aromatic carbocycles. The molecule has 0 radical (unpaired) electrons. The van der Waals surface area contributed by atoms with Crippen molar-refractivity contribution in [1.29, 1.82) is 0 Å². The summed E-state index contributed by atoms with van der Waals surface area (Å²) in [4.78, 5) is 0. The highest BCUT2D eigenvalue weighted by atomic mass is 35.5. The number of para-hydroxylation sites is 1. The maximum Gasteiger partial charge on any atom is 0.166 e. The molecule has 4 nitrogen and oxygen atoms in total. The van der Waals surface area contributed by atoms with Crippen molar-refractivity contribution >= 4 is 24.0 Å². The van der Waals surface area contributed by atoms with Crippen LogP contribution in [0.5, 0.6) is 11.5 Å². The highest BCUT2D eigenvalue weighted by molar-refractivity contribution is 6.30. The smallest absolute Gasteiger partial charge is 0.166 e. The fraction of sp³-hybridized carbons (Fsp3) is 0.368. The van der Waals surface area contributed by atoms with Crippen molar-refractivity contribution in [1.82, 2.24) is 5.32 Å². The topological polar surface area (TPSA) is 50.7 Å². The Balaban J connectivity index is 0.00000312. The average Bonchev–Trinajstić information content (AvgIpc) is 2.59. The Hall–Kier alpha value is -1.46. The first-order valence-electron chi connectivity index (χ1n) is 7.84. The third kappa shape index (κ3) is 6.40. The van der Waals surface area contributed by atoms with Crippen molar-refractivity contribution in [2.75, 3.05) is 13.7 Å². The minimum absolute atomic E-state index is 0. The molecule has 0 aromatic heterocycles. The van der Waals surface area contributed by atoms with E-state index in [0.29, 0.717) is 29.7 Å². The standard InChI is InChI=1S/C19H24ClNO3.ClH/c1-19(2,13-22)21-11-15-5-4-6-17(23-3)18(15)24-12-14-7-9-16(20)10-8-14;/h4-10,21-22H,11-13H2,1-3H3;1H. The number of benzene rings is 2. The fourth-order valence-corrected chi connectivity index (χ4v) is 2.28. The quantitative estimate of drug-likeness (QED) is 0.714. The van der Waals surface area contributed by atoms with Gasteiger partial charge in [-0.25, -0.2) is 0 Å². The zero-order chi connectivity index (χ0) is 17.6. The summed E-state index contributed by atoms with van der Waals surface area (Å²) in [5.74, 6) is 1.39. The molecular formula is C19H25Cl2NO3. The molecule has 0 aliphatic rings. The third-order valence-corrected chi connectivity index (χ3v) is 3.98. The van der Waals surface area contributed by atoms with E-state index in [1.54, 1.807) is 7.11 Å². The van der Waals surface area contributed by atoms with E-state index in [4.69, 9.17) is 21.1 Å². The van der Waals surface area contributed by atoms with Gasteiger partial charge >= 0.3 is 0 Å². The van der Waals surface area contributed by atoms with Crippen molar-refractivity contribution in [3.63, 3.8) is 0 Å². The molecule has 25 heavy (non-hydrogen) atoms. The molecule has 0 bridgehead atoms. The molecule has 6 heteroatoms. The SMILES string of the molecule is COc1cccc(CNC(C)(C)CO)c1OCc1ccc(Cl)cc1.Cl. The predicted molar refractivity (Wildman–Crippen MR) is 104 cm³/mol. The van der Waals surface area contributed by atoms with Crippen LogP contribution in [0.2, 0.25) is 5.02 Å². The number of nitrogens with one attached hydrogen (secondary N) is 1. The van der Waals surface area contributed by atoms with Crippen LogP contribution >= 0.6 is 24.0 Å². The molecule has 138 valence electrons. The molecule has 0 amide bonds. The van der Waals surface area contributed by atoms with Crippen LogP contribution in [-0.4, -0.2) is 24.4 Å². The van der Waals surface area contributed by atoms with Crippen molar-refractivity contribution < 1.29 is 14.6 Å². The molecule has 0 spiro atoms. The number of rotatable bonds is 8. The van der Waals surface area contributed by atoms with Crippen LogP contribution in [0.25, 0.3) is 0 Å². The zero-order valence-electron chi connectivity index (χ0n) is 14.7. The first-order chi connectivity index (χ1) is 11.4. The molecule has 2 rings (SSSR count). The van der Waals surface area contributed by atoms with E-state index in [1.165, 1.54) is 0 Å². The highest BCUT2D eigenvalue weighted by Gasteiger charge is 2.17. The van der Waals surface area contributed by atoms with Crippen LogP contribution in [0.3, 0.4) is 0 Å². The first-order valence-corrected chi connectivity index (χ1v) is 8.22. The van der Waals surface area contributed by atoms with E-state index in [1.807, 2.05) is 56.3 Å². The number of hydrogen-bond acceptors (Lipinski definition) is 4. The van der Waals surface area contributed by atoms with E-state index >= 15 is 0 Å². The Morgan fingerprint density at radius 2 is 1.80 bits per heavy atom. The summed E-state index contributed by atoms with van der Waals surface area (Å²) in [6.45, 7) is 4.94. The molecule has 0 heterocycles. The largest absolute Gasteiger partial charge is 0.493 e. The minimum Gasteiger partial charge on any atom is -0.493 e. The summed E-state index contributed by atoms with van der Waals surface area (Å²) in [7, 11) is 1.62. The van der Waals surface area contributed by atoms with Crippen molar-refractivity contribution in [2.24, 2.45) is 0 Å². The summed E-state index contributed by atoms with van der Waals surface area (Å²) >= 11 is 5.91. The van der Waals surface area contributed by atoms with Gasteiger partial charge in [-0.3, -0.25) is 0 Å². The Morgan fingerprint density at radius 1 is 1.12 bits per heavy atom. The number of ether oxygens (including phenoxy) is 2. The molecule has 0 unspecified atom stereocenters. The molecule has 2 aromatic rings. The van der Waals surface area contributed by atoms with Gasteiger partial charge in [-0.2, -0.15) is 0 Å². The lowest BCUT2D eigenvalue weighted by Crippen LogP contribution is -2.42. The molecule has 2 N–H and O–H groups in total. The first kappa shape index (κ1) is 21.6. The number of hydrogen-bond donors (Lipinski definition) is 2. The van der Waals surface area contributed by atoms with Crippen LogP contribution in [0.15, 0.2) is 42.5 Å². The van der Waals surface area contributed by atoms with Crippen LogP contribution in [0, 0.1) is 0 Å². The van der Waals surface area contributed by atoms with Crippen molar-refractivity contribution in [3.8, 4) is 11.5 Å². The van der Waals surface area contributed by atoms with Gasteiger partial charge in [0.15, 0.2) is 11.5 Å². The summed E-state index contributed by atoms with van der Waals surface area (Å²) in [6, 6.07) is 13.3. The number of halogens is 2. The van der Waals surface area contributed by atoms with Gasteiger partial charge in [-0.1, -0.05) is 35.9 Å². The monoisotopic (exact) mass is 385 g/mol. The minimum atomic E-state index is -0.365. The second kappa shape index (κ2) is 9.88. The summed E-state index contributed by atoms with van der Waals surface area (Å²) in [5, 5.41) is 13.4. The molecular weight excluding hydrogens is 361 g/mol. The van der Waals surface area contributed by atoms with Crippen molar-refractivity contribution in [3.05, 3.63) is 58.6 Å². The van der Waals surface area contributed by atoms with Gasteiger partial charge in [0.2, 0.25) is 0 Å². The fourth-order valence-electron chi connectivity index (χ4n) is 2.15. The Morgan fingerprint density at radius 3 is 2.40 bits per heavy atom. The normalized spacial score (nSPS) is 10.9. The lowest BCUT2D eigenvalue weighted by atomic mass is 10.1. The van der Waals surface area contributed by atoms with Gasteiger partial charge < -0.3 is 19.9 Å². The van der Waals surface area contributed by atoms with E-state index in [-0.39, 0.29) is 24.6 Å². The van der Waals surface area contributed by atoms with E-state index < -0.39 is 0 Å². The summed E-state index contributed by atoms with van der Waals surface area (Å²) < 4.78 is 11.4. The summed E-state index contributed by atoms with van der Waals surface area (Å²) in [5.41, 5.74) is 1.64. The molecule has 0 aliphatic carbocycles. The van der Waals surface area contributed by atoms with Gasteiger partial charge in [0, 0.05) is 22.7 Å². The van der Waals surface area contributed by atoms with Crippen LogP contribution in [0.4, 0.5) is 0 Å². The van der Waals surface area contributed by atoms with Gasteiger partial charge in [-0.15, -0.1) is 12.4 Å². The van der Waals surface area contributed by atoms with Crippen LogP contribution < -0.4 is 14.8 Å². The van der Waals surface area contributed by atoms with E-state index in [2.05, 4.69) is 5.32 Å². The van der Waals surface area contributed by atoms with Crippen molar-refractivity contribution in [2.45, 2.75) is 32.5 Å². The molecule has 0 saturated heterocycles. The third-order valence-electron chi connectivity index (χ3n) is 3.73. The Labute approximate surface area is 160 Å². The molecule has 0 fully saturated rings. The zero-order valence-corrected chi connectivity index (χ0v) is 16.3. The van der Waals surface area contributed by atoms with Crippen LogP contribution in [-0.2, 0) is 13.2 Å². The molecule has 0 saturated carbocycles. The Kier molecular flexibility index (Phi) is 8.53. The van der Waals surface area contributed by atoms with E-state index in [9.17, 15) is 5.11 Å². The Bertz CT molecular complexity index is 660. The number of methoxy groups -OCH3 is 1. The highest BCUT2D eigenvalue weighted by Crippen LogP contribution is 2.32. The van der Waals surface area contributed by atoms with Gasteiger partial charge in [-0.05, 0) is 37.6 Å². The average molecular weight is 386 g/mol. The number of aliphatic hydroxyl groups excluding tert-OH is 1. The van der Waals surface area contributed by atoms with Gasteiger partial charge in [0.1, 0.15) is 6.61 Å².